The Kier molecular flexibility index (Phi) is 3.77. The number of aliphatic hydroxyl groups excluding tert-OH is 1. The van der Waals surface area contributed by atoms with E-state index in [4.69, 9.17) is 5.11 Å². The lowest BCUT2D eigenvalue weighted by Crippen LogP contribution is -2.35. The van der Waals surface area contributed by atoms with Gasteiger partial charge in [-0.25, -0.2) is 0 Å². The van der Waals surface area contributed by atoms with Crippen molar-refractivity contribution in [1.82, 2.24) is 4.90 Å². The van der Waals surface area contributed by atoms with Gasteiger partial charge >= 0.3 is 0 Å². The van der Waals surface area contributed by atoms with Gasteiger partial charge in [0.2, 0.25) is 5.91 Å². The third kappa shape index (κ3) is 3.20. The molecule has 0 saturated carbocycles. The Labute approximate surface area is 92.5 Å². The number of aliphatic hydroxyl groups is 1. The summed E-state index contributed by atoms with van der Waals surface area (Å²) in [6.07, 6.45) is 0.521. The molecule has 3 heteroatoms. The fourth-order valence-electron chi connectivity index (χ4n) is 1.76. The van der Waals surface area contributed by atoms with Gasteiger partial charge in [-0.05, 0) is 11.3 Å². The average Bonchev–Trinajstić information content (AvgIpc) is 2.45. The third-order valence-electron chi connectivity index (χ3n) is 3.53. The first-order valence-corrected chi connectivity index (χ1v) is 5.73. The Bertz CT molecular complexity index is 232. The molecule has 0 aliphatic carbocycles. The van der Waals surface area contributed by atoms with Crippen molar-refractivity contribution in [3.8, 4) is 0 Å². The van der Waals surface area contributed by atoms with Gasteiger partial charge in [0.1, 0.15) is 0 Å². The van der Waals surface area contributed by atoms with Gasteiger partial charge in [-0.15, -0.1) is 0 Å². The number of likely N-dealkylation sites (tertiary alicyclic amines) is 1. The quantitative estimate of drug-likeness (QED) is 0.772. The lowest BCUT2D eigenvalue weighted by molar-refractivity contribution is -0.128. The Morgan fingerprint density at radius 1 is 1.53 bits per heavy atom. The molecule has 1 heterocycles. The minimum atomic E-state index is 0.131. The van der Waals surface area contributed by atoms with Gasteiger partial charge in [0.25, 0.3) is 0 Å². The molecule has 15 heavy (non-hydrogen) atoms. The van der Waals surface area contributed by atoms with Crippen LogP contribution in [0.5, 0.6) is 0 Å². The number of hydrogen-bond donors (Lipinski definition) is 1. The highest BCUT2D eigenvalue weighted by atomic mass is 16.3. The molecule has 1 fully saturated rings. The van der Waals surface area contributed by atoms with Crippen molar-refractivity contribution in [2.24, 2.45) is 17.3 Å². The summed E-state index contributed by atoms with van der Waals surface area (Å²) in [5.74, 6) is 0.841. The highest BCUT2D eigenvalue weighted by molar-refractivity contribution is 5.78. The van der Waals surface area contributed by atoms with Crippen LogP contribution in [0.15, 0.2) is 0 Å². The zero-order valence-electron chi connectivity index (χ0n) is 10.3. The second-order valence-electron chi connectivity index (χ2n) is 5.82. The standard InChI is InChI=1S/C12H23NO2/c1-9(12(2,3)4)6-13-7-10(8-14)5-11(13)15/h9-10,14H,5-8H2,1-4H3. The smallest absolute Gasteiger partial charge is 0.223 e. The van der Waals surface area contributed by atoms with Gasteiger partial charge in [0, 0.05) is 32.0 Å². The van der Waals surface area contributed by atoms with Gasteiger partial charge in [0.15, 0.2) is 0 Å². The molecule has 1 aliphatic heterocycles. The molecular formula is C12H23NO2. The van der Waals surface area contributed by atoms with E-state index in [0.717, 1.165) is 13.1 Å². The Morgan fingerprint density at radius 2 is 2.13 bits per heavy atom. The first-order chi connectivity index (χ1) is 6.84. The number of amides is 1. The number of hydrogen-bond acceptors (Lipinski definition) is 2. The van der Waals surface area contributed by atoms with Gasteiger partial charge in [-0.1, -0.05) is 27.7 Å². The van der Waals surface area contributed by atoms with Crippen LogP contribution in [0.1, 0.15) is 34.1 Å². The number of carbonyl (C=O) groups is 1. The van der Waals surface area contributed by atoms with Gasteiger partial charge < -0.3 is 10.0 Å². The van der Waals surface area contributed by atoms with E-state index in [1.807, 2.05) is 4.90 Å². The highest BCUT2D eigenvalue weighted by Crippen LogP contribution is 2.28. The molecule has 88 valence electrons. The van der Waals surface area contributed by atoms with Gasteiger partial charge in [-0.3, -0.25) is 4.79 Å². The van der Waals surface area contributed by atoms with Crippen molar-refractivity contribution in [3.05, 3.63) is 0 Å². The molecule has 0 radical (unpaired) electrons. The molecule has 1 amide bonds. The van der Waals surface area contributed by atoms with Crippen molar-refractivity contribution >= 4 is 5.91 Å². The fourth-order valence-corrected chi connectivity index (χ4v) is 1.76. The van der Waals surface area contributed by atoms with Crippen LogP contribution in [0.25, 0.3) is 0 Å². The Balaban J connectivity index is 2.49. The van der Waals surface area contributed by atoms with Crippen LogP contribution in [-0.2, 0) is 4.79 Å². The largest absolute Gasteiger partial charge is 0.396 e. The van der Waals surface area contributed by atoms with Crippen LogP contribution in [0.2, 0.25) is 0 Å². The average molecular weight is 213 g/mol. The van der Waals surface area contributed by atoms with E-state index < -0.39 is 0 Å². The monoisotopic (exact) mass is 213 g/mol. The Hall–Kier alpha value is -0.570. The summed E-state index contributed by atoms with van der Waals surface area (Å²) < 4.78 is 0. The molecule has 1 saturated heterocycles. The fraction of sp³-hybridized carbons (Fsp3) is 0.917. The first-order valence-electron chi connectivity index (χ1n) is 5.73. The van der Waals surface area contributed by atoms with Crippen LogP contribution in [0, 0.1) is 17.3 Å². The summed E-state index contributed by atoms with van der Waals surface area (Å²) in [5.41, 5.74) is 0.234. The second-order valence-corrected chi connectivity index (χ2v) is 5.82. The maximum Gasteiger partial charge on any atom is 0.223 e. The lowest BCUT2D eigenvalue weighted by atomic mass is 9.82. The molecule has 2 unspecified atom stereocenters. The van der Waals surface area contributed by atoms with Crippen LogP contribution < -0.4 is 0 Å². The van der Waals surface area contributed by atoms with Gasteiger partial charge in [0.05, 0.1) is 0 Å². The van der Waals surface area contributed by atoms with E-state index in [1.54, 1.807) is 0 Å². The third-order valence-corrected chi connectivity index (χ3v) is 3.53. The number of carbonyl (C=O) groups excluding carboxylic acids is 1. The van der Waals surface area contributed by atoms with Gasteiger partial charge in [-0.2, -0.15) is 0 Å². The minimum Gasteiger partial charge on any atom is -0.396 e. The summed E-state index contributed by atoms with van der Waals surface area (Å²) in [7, 11) is 0. The van der Waals surface area contributed by atoms with Crippen molar-refractivity contribution in [1.29, 1.82) is 0 Å². The van der Waals surface area contributed by atoms with E-state index in [-0.39, 0.29) is 23.8 Å². The van der Waals surface area contributed by atoms with E-state index in [1.165, 1.54) is 0 Å². The SMILES string of the molecule is CC(CN1CC(CO)CC1=O)C(C)(C)C. The number of nitrogens with zero attached hydrogens (tertiary/aromatic N) is 1. The molecule has 1 aliphatic rings. The van der Waals surface area contributed by atoms with Crippen LogP contribution in [-0.4, -0.2) is 35.6 Å². The predicted molar refractivity (Wildman–Crippen MR) is 60.4 cm³/mol. The zero-order valence-corrected chi connectivity index (χ0v) is 10.3. The van der Waals surface area contributed by atoms with Crippen LogP contribution in [0.4, 0.5) is 0 Å². The van der Waals surface area contributed by atoms with Crippen molar-refractivity contribution < 1.29 is 9.90 Å². The molecule has 0 bridgehead atoms. The summed E-state index contributed by atoms with van der Waals surface area (Å²) in [6, 6.07) is 0. The molecule has 0 aromatic rings. The van der Waals surface area contributed by atoms with Crippen molar-refractivity contribution in [2.75, 3.05) is 19.7 Å². The van der Waals surface area contributed by atoms with Crippen LogP contribution >= 0.6 is 0 Å². The molecular weight excluding hydrogens is 190 g/mol. The maximum atomic E-state index is 11.6. The van der Waals surface area contributed by atoms with E-state index in [2.05, 4.69) is 27.7 Å². The summed E-state index contributed by atoms with van der Waals surface area (Å²) in [6.45, 7) is 10.4. The molecule has 1 rings (SSSR count). The highest BCUT2D eigenvalue weighted by Gasteiger charge is 2.32. The zero-order chi connectivity index (χ0) is 11.6. The van der Waals surface area contributed by atoms with Crippen molar-refractivity contribution in [3.63, 3.8) is 0 Å². The molecule has 0 aromatic heterocycles. The van der Waals surface area contributed by atoms with Crippen molar-refractivity contribution in [2.45, 2.75) is 34.1 Å². The molecule has 2 atom stereocenters. The molecule has 0 spiro atoms. The van der Waals surface area contributed by atoms with E-state index >= 15 is 0 Å². The van der Waals surface area contributed by atoms with E-state index in [9.17, 15) is 4.79 Å². The van der Waals surface area contributed by atoms with E-state index in [0.29, 0.717) is 12.3 Å². The predicted octanol–water partition coefficient (Wildman–Crippen LogP) is 1.51. The molecule has 3 nitrogen and oxygen atoms in total. The normalized spacial score (nSPS) is 24.7. The maximum absolute atomic E-state index is 11.6. The minimum absolute atomic E-state index is 0.131. The Morgan fingerprint density at radius 3 is 2.53 bits per heavy atom. The molecule has 0 aromatic carbocycles. The summed E-state index contributed by atoms with van der Waals surface area (Å²) in [5, 5.41) is 9.02. The number of rotatable bonds is 3. The topological polar surface area (TPSA) is 40.5 Å². The lowest BCUT2D eigenvalue weighted by Gasteiger charge is -2.31. The summed E-state index contributed by atoms with van der Waals surface area (Å²) >= 11 is 0. The molecule has 1 N–H and O–H groups in total. The van der Waals surface area contributed by atoms with Crippen LogP contribution in [0.3, 0.4) is 0 Å². The first kappa shape index (κ1) is 12.5. The second kappa shape index (κ2) is 4.52. The summed E-state index contributed by atoms with van der Waals surface area (Å²) in [4.78, 5) is 13.5.